The lowest BCUT2D eigenvalue weighted by molar-refractivity contribution is 0.502. The van der Waals surface area contributed by atoms with Crippen LogP contribution in [0.25, 0.3) is 0 Å². The van der Waals surface area contributed by atoms with Gasteiger partial charge in [0.15, 0.2) is 0 Å². The monoisotopic (exact) mass is 209 g/mol. The van der Waals surface area contributed by atoms with Gasteiger partial charge in [-0.3, -0.25) is 0 Å². The summed E-state index contributed by atoms with van der Waals surface area (Å²) < 4.78 is 2.25. The highest BCUT2D eigenvalue weighted by Crippen LogP contribution is 2.01. The van der Waals surface area contributed by atoms with Gasteiger partial charge < -0.3 is 9.88 Å². The lowest BCUT2D eigenvalue weighted by Gasteiger charge is -2.12. The number of aryl methyl sites for hydroxylation is 1. The van der Waals surface area contributed by atoms with Gasteiger partial charge in [-0.05, 0) is 19.8 Å². The molecule has 0 spiro atoms. The maximum atomic E-state index is 4.38. The van der Waals surface area contributed by atoms with E-state index < -0.39 is 0 Å². The molecule has 86 valence electrons. The van der Waals surface area contributed by atoms with E-state index in [9.17, 15) is 0 Å². The van der Waals surface area contributed by atoms with Crippen molar-refractivity contribution in [2.45, 2.75) is 59.2 Å². The van der Waals surface area contributed by atoms with Gasteiger partial charge in [-0.25, -0.2) is 4.98 Å². The quantitative estimate of drug-likeness (QED) is 0.748. The van der Waals surface area contributed by atoms with E-state index in [0.717, 1.165) is 25.3 Å². The van der Waals surface area contributed by atoms with Crippen LogP contribution in [0, 0.1) is 0 Å². The number of rotatable bonds is 7. The summed E-state index contributed by atoms with van der Waals surface area (Å²) in [5, 5.41) is 3.47. The van der Waals surface area contributed by atoms with Crippen LogP contribution in [-0.4, -0.2) is 15.6 Å². The Balaban J connectivity index is 2.42. The molecular formula is C12H23N3. The Morgan fingerprint density at radius 3 is 2.93 bits per heavy atom. The van der Waals surface area contributed by atoms with Crippen LogP contribution in [0.1, 0.15) is 45.9 Å². The van der Waals surface area contributed by atoms with Crippen LogP contribution in [0.2, 0.25) is 0 Å². The van der Waals surface area contributed by atoms with Crippen molar-refractivity contribution < 1.29 is 0 Å². The fourth-order valence-corrected chi connectivity index (χ4v) is 1.45. The average molecular weight is 209 g/mol. The normalized spacial score (nSPS) is 13.0. The Morgan fingerprint density at radius 2 is 2.27 bits per heavy atom. The molecule has 0 fully saturated rings. The van der Waals surface area contributed by atoms with Crippen molar-refractivity contribution in [3.05, 3.63) is 18.2 Å². The van der Waals surface area contributed by atoms with Gasteiger partial charge in [-0.1, -0.05) is 20.3 Å². The lowest BCUT2D eigenvalue weighted by atomic mass is 10.2. The number of nitrogens with zero attached hydrogens (tertiary/aromatic N) is 2. The second-order valence-electron chi connectivity index (χ2n) is 4.08. The molecule has 0 saturated carbocycles. The minimum absolute atomic E-state index is 0.571. The molecule has 0 bridgehead atoms. The van der Waals surface area contributed by atoms with Crippen molar-refractivity contribution in [3.63, 3.8) is 0 Å². The van der Waals surface area contributed by atoms with Gasteiger partial charge >= 0.3 is 0 Å². The minimum atomic E-state index is 0.571. The standard InChI is InChI=1S/C12H23N3/c1-4-6-8-15-9-7-13-12(15)10-14-11(3)5-2/h7,9,11,14H,4-6,8,10H2,1-3H3. The van der Waals surface area contributed by atoms with E-state index in [2.05, 4.69) is 41.8 Å². The Morgan fingerprint density at radius 1 is 1.47 bits per heavy atom. The van der Waals surface area contributed by atoms with Crippen molar-refractivity contribution in [1.82, 2.24) is 14.9 Å². The molecule has 1 heterocycles. The molecule has 1 rings (SSSR count). The summed E-state index contributed by atoms with van der Waals surface area (Å²) in [6.07, 6.45) is 7.59. The van der Waals surface area contributed by atoms with E-state index in [-0.39, 0.29) is 0 Å². The molecule has 0 saturated heterocycles. The fraction of sp³-hybridized carbons (Fsp3) is 0.750. The minimum Gasteiger partial charge on any atom is -0.334 e. The number of imidazole rings is 1. The van der Waals surface area contributed by atoms with Crippen LogP contribution in [0.5, 0.6) is 0 Å². The SMILES string of the molecule is CCCCn1ccnc1CNC(C)CC. The van der Waals surface area contributed by atoms with Crippen LogP contribution in [-0.2, 0) is 13.1 Å². The predicted octanol–water partition coefficient (Wildman–Crippen LogP) is 2.57. The van der Waals surface area contributed by atoms with E-state index in [1.165, 1.54) is 12.8 Å². The molecule has 0 radical (unpaired) electrons. The zero-order valence-electron chi connectivity index (χ0n) is 10.2. The molecule has 1 N–H and O–H groups in total. The van der Waals surface area contributed by atoms with Crippen molar-refractivity contribution >= 4 is 0 Å². The second kappa shape index (κ2) is 6.62. The van der Waals surface area contributed by atoms with Crippen molar-refractivity contribution in [1.29, 1.82) is 0 Å². The molecule has 3 nitrogen and oxygen atoms in total. The molecular weight excluding hydrogens is 186 g/mol. The third-order valence-corrected chi connectivity index (χ3v) is 2.78. The van der Waals surface area contributed by atoms with Crippen LogP contribution in [0.15, 0.2) is 12.4 Å². The van der Waals surface area contributed by atoms with Gasteiger partial charge in [-0.15, -0.1) is 0 Å². The van der Waals surface area contributed by atoms with E-state index in [1.807, 2.05) is 6.20 Å². The van der Waals surface area contributed by atoms with Crippen molar-refractivity contribution in [3.8, 4) is 0 Å². The van der Waals surface area contributed by atoms with E-state index in [1.54, 1.807) is 0 Å². The molecule has 1 aromatic rings. The summed E-state index contributed by atoms with van der Waals surface area (Å²) in [6, 6.07) is 0.571. The third kappa shape index (κ3) is 4.04. The fourth-order valence-electron chi connectivity index (χ4n) is 1.45. The van der Waals surface area contributed by atoms with Crippen LogP contribution in [0.3, 0.4) is 0 Å². The maximum absolute atomic E-state index is 4.38. The Hall–Kier alpha value is -0.830. The molecule has 1 aromatic heterocycles. The number of unbranched alkanes of at least 4 members (excludes halogenated alkanes) is 1. The van der Waals surface area contributed by atoms with Crippen molar-refractivity contribution in [2.24, 2.45) is 0 Å². The lowest BCUT2D eigenvalue weighted by Crippen LogP contribution is -2.26. The van der Waals surface area contributed by atoms with E-state index >= 15 is 0 Å². The maximum Gasteiger partial charge on any atom is 0.122 e. The molecule has 0 aliphatic rings. The highest BCUT2D eigenvalue weighted by Gasteiger charge is 2.03. The zero-order chi connectivity index (χ0) is 11.1. The Bertz CT molecular complexity index is 268. The molecule has 3 heteroatoms. The first-order valence-electron chi connectivity index (χ1n) is 6.01. The molecule has 0 aliphatic carbocycles. The largest absolute Gasteiger partial charge is 0.334 e. The smallest absolute Gasteiger partial charge is 0.122 e. The predicted molar refractivity (Wildman–Crippen MR) is 63.7 cm³/mol. The van der Waals surface area contributed by atoms with Crippen LogP contribution in [0.4, 0.5) is 0 Å². The van der Waals surface area contributed by atoms with Crippen molar-refractivity contribution in [2.75, 3.05) is 0 Å². The van der Waals surface area contributed by atoms with E-state index in [4.69, 9.17) is 0 Å². The van der Waals surface area contributed by atoms with Crippen LogP contribution < -0.4 is 5.32 Å². The first kappa shape index (κ1) is 12.2. The zero-order valence-corrected chi connectivity index (χ0v) is 10.2. The summed E-state index contributed by atoms with van der Waals surface area (Å²) >= 11 is 0. The van der Waals surface area contributed by atoms with Gasteiger partial charge in [-0.2, -0.15) is 0 Å². The molecule has 1 unspecified atom stereocenters. The summed E-state index contributed by atoms with van der Waals surface area (Å²) in [6.45, 7) is 8.59. The first-order valence-corrected chi connectivity index (χ1v) is 6.01. The van der Waals surface area contributed by atoms with Gasteiger partial charge in [0.2, 0.25) is 0 Å². The van der Waals surface area contributed by atoms with E-state index in [0.29, 0.717) is 6.04 Å². The molecule has 0 aliphatic heterocycles. The Kier molecular flexibility index (Phi) is 5.40. The average Bonchev–Trinajstić information content (AvgIpc) is 2.70. The highest BCUT2D eigenvalue weighted by molar-refractivity contribution is 4.92. The summed E-state index contributed by atoms with van der Waals surface area (Å²) in [5.74, 6) is 1.16. The van der Waals surface area contributed by atoms with Gasteiger partial charge in [0.1, 0.15) is 5.82 Å². The number of hydrogen-bond donors (Lipinski definition) is 1. The van der Waals surface area contributed by atoms with Crippen LogP contribution >= 0.6 is 0 Å². The molecule has 0 amide bonds. The third-order valence-electron chi connectivity index (χ3n) is 2.78. The number of nitrogens with one attached hydrogen (secondary N) is 1. The summed E-state index contributed by atoms with van der Waals surface area (Å²) in [4.78, 5) is 4.38. The number of aromatic nitrogens is 2. The van der Waals surface area contributed by atoms with Gasteiger partial charge in [0.05, 0.1) is 6.54 Å². The van der Waals surface area contributed by atoms with Gasteiger partial charge in [0, 0.05) is 25.0 Å². The molecule has 1 atom stereocenters. The second-order valence-corrected chi connectivity index (χ2v) is 4.08. The molecule has 15 heavy (non-hydrogen) atoms. The number of hydrogen-bond acceptors (Lipinski definition) is 2. The summed E-state index contributed by atoms with van der Waals surface area (Å²) in [7, 11) is 0. The summed E-state index contributed by atoms with van der Waals surface area (Å²) in [5.41, 5.74) is 0. The Labute approximate surface area is 92.9 Å². The highest BCUT2D eigenvalue weighted by atomic mass is 15.1. The van der Waals surface area contributed by atoms with Gasteiger partial charge in [0.25, 0.3) is 0 Å². The first-order chi connectivity index (χ1) is 7.27. The topological polar surface area (TPSA) is 29.9 Å². The molecule has 0 aromatic carbocycles.